The summed E-state index contributed by atoms with van der Waals surface area (Å²) in [5.41, 5.74) is 2.38. The molecule has 100 valence electrons. The van der Waals surface area contributed by atoms with Gasteiger partial charge in [0.05, 0.1) is 11.5 Å². The molecule has 1 aliphatic heterocycles. The maximum Gasteiger partial charge on any atom is 0.0597 e. The van der Waals surface area contributed by atoms with Crippen LogP contribution in [0.3, 0.4) is 0 Å². The third kappa shape index (κ3) is 3.72. The maximum atomic E-state index is 6.51. The fourth-order valence-corrected chi connectivity index (χ4v) is 3.80. The van der Waals surface area contributed by atoms with E-state index >= 15 is 0 Å². The van der Waals surface area contributed by atoms with E-state index in [1.54, 1.807) is 0 Å². The summed E-state index contributed by atoms with van der Waals surface area (Å²) in [5.74, 6) is 0. The van der Waals surface area contributed by atoms with Gasteiger partial charge in [-0.25, -0.2) is 0 Å². The minimum atomic E-state index is 0.0421. The number of aryl methyl sites for hydroxylation is 1. The number of halogens is 3. The molecule has 0 aliphatic carbocycles. The zero-order valence-electron chi connectivity index (χ0n) is 10.4. The smallest absolute Gasteiger partial charge is 0.0597 e. The minimum absolute atomic E-state index is 0.0421. The maximum absolute atomic E-state index is 6.51. The highest BCUT2D eigenvalue weighted by Crippen LogP contribution is 2.36. The van der Waals surface area contributed by atoms with Gasteiger partial charge in [-0.3, -0.25) is 0 Å². The van der Waals surface area contributed by atoms with Crippen molar-refractivity contribution in [2.24, 2.45) is 0 Å². The summed E-state index contributed by atoms with van der Waals surface area (Å²) in [6.07, 6.45) is 4.80. The first-order valence-corrected chi connectivity index (χ1v) is 8.31. The number of alkyl halides is 1. The molecule has 1 nitrogen and oxygen atoms in total. The summed E-state index contributed by atoms with van der Waals surface area (Å²) in [6.45, 7) is 2.99. The first kappa shape index (κ1) is 14.8. The van der Waals surface area contributed by atoms with Crippen LogP contribution < -0.4 is 0 Å². The van der Waals surface area contributed by atoms with Gasteiger partial charge in [0.15, 0.2) is 0 Å². The highest BCUT2D eigenvalue weighted by atomic mass is 79.9. The van der Waals surface area contributed by atoms with Crippen LogP contribution in [0.2, 0.25) is 0 Å². The molecule has 1 aromatic carbocycles. The predicted molar refractivity (Wildman–Crippen MR) is 83.4 cm³/mol. The summed E-state index contributed by atoms with van der Waals surface area (Å²) < 4.78 is 7.84. The lowest BCUT2D eigenvalue weighted by Gasteiger charge is -2.16. The van der Waals surface area contributed by atoms with E-state index in [2.05, 4.69) is 50.9 Å². The monoisotopic (exact) mass is 394 g/mol. The van der Waals surface area contributed by atoms with Crippen molar-refractivity contribution in [3.05, 3.63) is 32.2 Å². The minimum Gasteiger partial charge on any atom is -0.378 e. The third-order valence-electron chi connectivity index (χ3n) is 3.38. The topological polar surface area (TPSA) is 9.23 Å². The molecular weight excluding hydrogens is 379 g/mol. The lowest BCUT2D eigenvalue weighted by atomic mass is 10.0. The van der Waals surface area contributed by atoms with Gasteiger partial charge >= 0.3 is 0 Å². The summed E-state index contributed by atoms with van der Waals surface area (Å²) in [6, 6.07) is 4.23. The molecule has 0 bridgehead atoms. The van der Waals surface area contributed by atoms with Crippen molar-refractivity contribution < 1.29 is 4.74 Å². The Bertz CT molecular complexity index is 417. The van der Waals surface area contributed by atoms with E-state index in [1.165, 1.54) is 18.4 Å². The van der Waals surface area contributed by atoms with Crippen molar-refractivity contribution in [3.8, 4) is 0 Å². The summed E-state index contributed by atoms with van der Waals surface area (Å²) in [7, 11) is 0. The van der Waals surface area contributed by atoms with Gasteiger partial charge in [-0.05, 0) is 55.9 Å². The highest BCUT2D eigenvalue weighted by molar-refractivity contribution is 9.11. The molecule has 0 amide bonds. The molecule has 18 heavy (non-hydrogen) atoms. The molecule has 1 saturated heterocycles. The Morgan fingerprint density at radius 2 is 2.17 bits per heavy atom. The van der Waals surface area contributed by atoms with Crippen LogP contribution >= 0.6 is 43.5 Å². The Morgan fingerprint density at radius 1 is 1.39 bits per heavy atom. The standard InChI is InChI=1S/C14H17Br2ClO/c1-9-7-13(16)11(8-12(9)15)14(17)5-4-10-3-2-6-18-10/h7-8,10,14H,2-6H2,1H3. The number of hydrogen-bond acceptors (Lipinski definition) is 1. The first-order valence-electron chi connectivity index (χ1n) is 6.29. The molecule has 1 aliphatic rings. The van der Waals surface area contributed by atoms with Gasteiger partial charge < -0.3 is 4.74 Å². The van der Waals surface area contributed by atoms with Crippen molar-refractivity contribution in [2.75, 3.05) is 6.61 Å². The van der Waals surface area contributed by atoms with Gasteiger partial charge in [0.2, 0.25) is 0 Å². The van der Waals surface area contributed by atoms with Gasteiger partial charge in [0.25, 0.3) is 0 Å². The first-order chi connectivity index (χ1) is 8.58. The Kier molecular flexibility index (Phi) is 5.55. The molecule has 0 aromatic heterocycles. The summed E-state index contributed by atoms with van der Waals surface area (Å²) in [5, 5.41) is 0.0421. The third-order valence-corrected chi connectivity index (χ3v) is 5.38. The molecule has 0 spiro atoms. The lowest BCUT2D eigenvalue weighted by molar-refractivity contribution is 0.102. The SMILES string of the molecule is Cc1cc(Br)c(C(Cl)CCC2CCCO2)cc1Br. The molecule has 1 aromatic rings. The Balaban J connectivity index is 1.99. The van der Waals surface area contributed by atoms with Crippen molar-refractivity contribution in [1.29, 1.82) is 0 Å². The molecular formula is C14H17Br2ClO. The zero-order chi connectivity index (χ0) is 13.1. The van der Waals surface area contributed by atoms with Crippen LogP contribution in [-0.2, 0) is 4.74 Å². The second-order valence-corrected chi connectivity index (χ2v) is 7.04. The van der Waals surface area contributed by atoms with Gasteiger partial charge in [0.1, 0.15) is 0 Å². The lowest BCUT2D eigenvalue weighted by Crippen LogP contribution is -2.06. The Morgan fingerprint density at radius 3 is 2.83 bits per heavy atom. The summed E-state index contributed by atoms with van der Waals surface area (Å²) >= 11 is 13.7. The van der Waals surface area contributed by atoms with Crippen molar-refractivity contribution >= 4 is 43.5 Å². The van der Waals surface area contributed by atoms with E-state index in [-0.39, 0.29) is 5.38 Å². The van der Waals surface area contributed by atoms with Gasteiger partial charge in [0, 0.05) is 15.6 Å². The van der Waals surface area contributed by atoms with Crippen LogP contribution in [0.25, 0.3) is 0 Å². The van der Waals surface area contributed by atoms with Gasteiger partial charge in [-0.15, -0.1) is 11.6 Å². The van der Waals surface area contributed by atoms with Crippen LogP contribution in [0.5, 0.6) is 0 Å². The van der Waals surface area contributed by atoms with E-state index in [1.807, 2.05) is 0 Å². The van der Waals surface area contributed by atoms with E-state index in [0.29, 0.717) is 6.10 Å². The Labute approximate surface area is 130 Å². The second kappa shape index (κ2) is 6.74. The fraction of sp³-hybridized carbons (Fsp3) is 0.571. The summed E-state index contributed by atoms with van der Waals surface area (Å²) in [4.78, 5) is 0. The molecule has 2 unspecified atom stereocenters. The van der Waals surface area contributed by atoms with Crippen LogP contribution in [-0.4, -0.2) is 12.7 Å². The van der Waals surface area contributed by atoms with Gasteiger partial charge in [-0.2, -0.15) is 0 Å². The van der Waals surface area contributed by atoms with Crippen molar-refractivity contribution in [1.82, 2.24) is 0 Å². The van der Waals surface area contributed by atoms with E-state index in [4.69, 9.17) is 16.3 Å². The van der Waals surface area contributed by atoms with E-state index in [0.717, 1.165) is 34.0 Å². The average molecular weight is 397 g/mol. The molecule has 0 saturated carbocycles. The molecule has 1 fully saturated rings. The number of rotatable bonds is 4. The van der Waals surface area contributed by atoms with E-state index < -0.39 is 0 Å². The predicted octanol–water partition coefficient (Wildman–Crippen LogP) is 5.76. The molecule has 0 N–H and O–H groups in total. The Hall–Kier alpha value is 0.430. The average Bonchev–Trinajstić information content (AvgIpc) is 2.84. The quantitative estimate of drug-likeness (QED) is 0.588. The highest BCUT2D eigenvalue weighted by Gasteiger charge is 2.19. The zero-order valence-corrected chi connectivity index (χ0v) is 14.3. The van der Waals surface area contributed by atoms with E-state index in [9.17, 15) is 0 Å². The molecule has 2 rings (SSSR count). The van der Waals surface area contributed by atoms with Crippen molar-refractivity contribution in [3.63, 3.8) is 0 Å². The number of hydrogen-bond donors (Lipinski definition) is 0. The normalized spacial score (nSPS) is 21.2. The molecule has 2 atom stereocenters. The molecule has 4 heteroatoms. The van der Waals surface area contributed by atoms with Crippen LogP contribution in [0, 0.1) is 6.92 Å². The number of ether oxygens (including phenoxy) is 1. The van der Waals surface area contributed by atoms with Crippen molar-refractivity contribution in [2.45, 2.75) is 44.1 Å². The van der Waals surface area contributed by atoms with Gasteiger partial charge in [-0.1, -0.05) is 31.9 Å². The molecule has 1 heterocycles. The van der Waals surface area contributed by atoms with Crippen LogP contribution in [0.1, 0.15) is 42.2 Å². The fourth-order valence-electron chi connectivity index (χ4n) is 2.26. The number of benzene rings is 1. The van der Waals surface area contributed by atoms with Crippen LogP contribution in [0.4, 0.5) is 0 Å². The largest absolute Gasteiger partial charge is 0.378 e. The van der Waals surface area contributed by atoms with Crippen LogP contribution in [0.15, 0.2) is 21.1 Å². The molecule has 0 radical (unpaired) electrons. The second-order valence-electron chi connectivity index (χ2n) is 4.80.